The lowest BCUT2D eigenvalue weighted by Crippen LogP contribution is -2.16. The van der Waals surface area contributed by atoms with Gasteiger partial charge in [0.25, 0.3) is 0 Å². The predicted molar refractivity (Wildman–Crippen MR) is 69.6 cm³/mol. The molecular weight excluding hydrogens is 212 g/mol. The molecule has 1 aliphatic rings. The average molecular weight is 234 g/mol. The molecule has 2 heteroatoms. The minimum absolute atomic E-state index is 0.0593. The lowest BCUT2D eigenvalue weighted by molar-refractivity contribution is 0.243. The zero-order valence-corrected chi connectivity index (χ0v) is 11.2. The highest BCUT2D eigenvalue weighted by Gasteiger charge is 2.53. The van der Waals surface area contributed by atoms with E-state index in [0.29, 0.717) is 11.8 Å². The molecule has 1 fully saturated rings. The lowest BCUT2D eigenvalue weighted by Gasteiger charge is -2.20. The first-order valence-electron chi connectivity index (χ1n) is 6.34. The van der Waals surface area contributed by atoms with Gasteiger partial charge in [-0.05, 0) is 29.9 Å². The summed E-state index contributed by atoms with van der Waals surface area (Å²) in [5.74, 6) is 1.96. The average Bonchev–Trinajstić information content (AvgIpc) is 3.00. The lowest BCUT2D eigenvalue weighted by atomic mass is 9.89. The van der Waals surface area contributed by atoms with Crippen LogP contribution < -0.4 is 4.74 Å². The fourth-order valence-electron chi connectivity index (χ4n) is 2.64. The van der Waals surface area contributed by atoms with Crippen LogP contribution in [0.3, 0.4) is 0 Å². The molecule has 0 spiro atoms. The summed E-state index contributed by atoms with van der Waals surface area (Å²) in [6.45, 7) is 6.78. The van der Waals surface area contributed by atoms with Crippen molar-refractivity contribution < 1.29 is 9.84 Å². The van der Waals surface area contributed by atoms with E-state index in [2.05, 4.69) is 32.9 Å². The molecule has 2 unspecified atom stereocenters. The second-order valence-corrected chi connectivity index (χ2v) is 5.53. The summed E-state index contributed by atoms with van der Waals surface area (Å²) < 4.78 is 5.45. The standard InChI is InChI=1S/C15H22O2/c1-10(2)12-5-6-14(17-4)13(7-12)15(9-16)8-11(15)3/h5-7,10-11,16H,8-9H2,1-4H3. The van der Waals surface area contributed by atoms with E-state index in [-0.39, 0.29) is 12.0 Å². The zero-order valence-electron chi connectivity index (χ0n) is 11.2. The van der Waals surface area contributed by atoms with E-state index in [1.807, 2.05) is 6.07 Å². The molecule has 2 atom stereocenters. The number of hydrogen-bond donors (Lipinski definition) is 1. The van der Waals surface area contributed by atoms with Crippen molar-refractivity contribution in [1.82, 2.24) is 0 Å². The van der Waals surface area contributed by atoms with Gasteiger partial charge in [-0.3, -0.25) is 0 Å². The summed E-state index contributed by atoms with van der Waals surface area (Å²) in [4.78, 5) is 0. The molecule has 0 aromatic heterocycles. The molecular formula is C15H22O2. The third kappa shape index (κ3) is 1.95. The fourth-order valence-corrected chi connectivity index (χ4v) is 2.64. The Bertz CT molecular complexity index is 407. The Morgan fingerprint density at radius 2 is 2.12 bits per heavy atom. The SMILES string of the molecule is COc1ccc(C(C)C)cc1C1(CO)CC1C. The quantitative estimate of drug-likeness (QED) is 0.867. The third-order valence-corrected chi connectivity index (χ3v) is 4.16. The highest BCUT2D eigenvalue weighted by molar-refractivity contribution is 5.47. The van der Waals surface area contributed by atoms with Crippen LogP contribution in [0.25, 0.3) is 0 Å². The fraction of sp³-hybridized carbons (Fsp3) is 0.600. The van der Waals surface area contributed by atoms with Crippen molar-refractivity contribution in [1.29, 1.82) is 0 Å². The van der Waals surface area contributed by atoms with Crippen LogP contribution in [0.4, 0.5) is 0 Å². The van der Waals surface area contributed by atoms with Gasteiger partial charge in [-0.25, -0.2) is 0 Å². The van der Waals surface area contributed by atoms with Gasteiger partial charge in [0.05, 0.1) is 13.7 Å². The smallest absolute Gasteiger partial charge is 0.122 e. The second kappa shape index (κ2) is 4.34. The van der Waals surface area contributed by atoms with E-state index < -0.39 is 0 Å². The Balaban J connectivity index is 2.47. The Hall–Kier alpha value is -1.02. The topological polar surface area (TPSA) is 29.5 Å². The molecule has 0 saturated heterocycles. The Kier molecular flexibility index (Phi) is 3.17. The van der Waals surface area contributed by atoms with Crippen molar-refractivity contribution >= 4 is 0 Å². The number of hydrogen-bond acceptors (Lipinski definition) is 2. The van der Waals surface area contributed by atoms with Gasteiger partial charge < -0.3 is 9.84 Å². The summed E-state index contributed by atoms with van der Waals surface area (Å²) >= 11 is 0. The summed E-state index contributed by atoms with van der Waals surface area (Å²) in [5.41, 5.74) is 2.44. The van der Waals surface area contributed by atoms with Crippen molar-refractivity contribution in [3.05, 3.63) is 29.3 Å². The van der Waals surface area contributed by atoms with Crippen LogP contribution in [0.2, 0.25) is 0 Å². The number of benzene rings is 1. The summed E-state index contributed by atoms with van der Waals surface area (Å²) in [6, 6.07) is 6.36. The highest BCUT2D eigenvalue weighted by Crippen LogP contribution is 2.56. The molecule has 1 N–H and O–H groups in total. The molecule has 17 heavy (non-hydrogen) atoms. The van der Waals surface area contributed by atoms with Gasteiger partial charge in [0.2, 0.25) is 0 Å². The molecule has 0 aliphatic heterocycles. The molecule has 1 aliphatic carbocycles. The minimum atomic E-state index is -0.0593. The molecule has 0 heterocycles. The van der Waals surface area contributed by atoms with Gasteiger partial charge in [0.15, 0.2) is 0 Å². The van der Waals surface area contributed by atoms with Crippen LogP contribution in [0.1, 0.15) is 44.2 Å². The maximum absolute atomic E-state index is 9.67. The van der Waals surface area contributed by atoms with Crippen LogP contribution in [0, 0.1) is 5.92 Å². The van der Waals surface area contributed by atoms with E-state index >= 15 is 0 Å². The largest absolute Gasteiger partial charge is 0.496 e. The molecule has 2 rings (SSSR count). The van der Waals surface area contributed by atoms with Crippen molar-refractivity contribution in [3.8, 4) is 5.75 Å². The predicted octanol–water partition coefficient (Wildman–Crippen LogP) is 3.09. The molecule has 2 nitrogen and oxygen atoms in total. The van der Waals surface area contributed by atoms with Crippen molar-refractivity contribution in [2.75, 3.05) is 13.7 Å². The maximum atomic E-state index is 9.67. The zero-order chi connectivity index (χ0) is 12.6. The van der Waals surface area contributed by atoms with Crippen LogP contribution in [-0.2, 0) is 5.41 Å². The highest BCUT2D eigenvalue weighted by atomic mass is 16.5. The number of rotatable bonds is 4. The van der Waals surface area contributed by atoms with E-state index in [4.69, 9.17) is 4.74 Å². The molecule has 1 aromatic rings. The summed E-state index contributed by atoms with van der Waals surface area (Å²) in [5, 5.41) is 9.67. The number of aliphatic hydroxyl groups excluding tert-OH is 1. The number of ether oxygens (including phenoxy) is 1. The molecule has 0 amide bonds. The molecule has 1 aromatic carbocycles. The Morgan fingerprint density at radius 3 is 2.53 bits per heavy atom. The van der Waals surface area contributed by atoms with E-state index in [9.17, 15) is 5.11 Å². The normalized spacial score (nSPS) is 27.3. The van der Waals surface area contributed by atoms with Gasteiger partial charge in [-0.2, -0.15) is 0 Å². The van der Waals surface area contributed by atoms with Gasteiger partial charge in [-0.1, -0.05) is 32.9 Å². The van der Waals surface area contributed by atoms with Crippen molar-refractivity contribution in [2.24, 2.45) is 5.92 Å². The molecule has 0 bridgehead atoms. The van der Waals surface area contributed by atoms with Crippen molar-refractivity contribution in [2.45, 2.75) is 38.5 Å². The summed E-state index contributed by atoms with van der Waals surface area (Å²) in [7, 11) is 1.70. The van der Waals surface area contributed by atoms with E-state index in [1.54, 1.807) is 7.11 Å². The van der Waals surface area contributed by atoms with E-state index in [1.165, 1.54) is 11.1 Å². The van der Waals surface area contributed by atoms with Crippen molar-refractivity contribution in [3.63, 3.8) is 0 Å². The second-order valence-electron chi connectivity index (χ2n) is 5.53. The van der Waals surface area contributed by atoms with Gasteiger partial charge >= 0.3 is 0 Å². The van der Waals surface area contributed by atoms with E-state index in [0.717, 1.165) is 12.2 Å². The molecule has 94 valence electrons. The van der Waals surface area contributed by atoms with Crippen LogP contribution in [0.15, 0.2) is 18.2 Å². The first kappa shape index (κ1) is 12.4. The third-order valence-electron chi connectivity index (χ3n) is 4.16. The number of aliphatic hydroxyl groups is 1. The monoisotopic (exact) mass is 234 g/mol. The molecule has 0 radical (unpaired) electrons. The summed E-state index contributed by atoms with van der Waals surface area (Å²) in [6.07, 6.45) is 1.06. The van der Waals surface area contributed by atoms with Crippen LogP contribution in [0.5, 0.6) is 5.75 Å². The maximum Gasteiger partial charge on any atom is 0.122 e. The minimum Gasteiger partial charge on any atom is -0.496 e. The Morgan fingerprint density at radius 1 is 1.47 bits per heavy atom. The van der Waals surface area contributed by atoms with Gasteiger partial charge in [0, 0.05) is 11.0 Å². The number of methoxy groups -OCH3 is 1. The Labute approximate surface area is 104 Å². The first-order chi connectivity index (χ1) is 8.05. The van der Waals surface area contributed by atoms with Crippen LogP contribution in [-0.4, -0.2) is 18.8 Å². The van der Waals surface area contributed by atoms with Gasteiger partial charge in [-0.15, -0.1) is 0 Å². The molecule has 1 saturated carbocycles. The van der Waals surface area contributed by atoms with Gasteiger partial charge in [0.1, 0.15) is 5.75 Å². The van der Waals surface area contributed by atoms with Crippen LogP contribution >= 0.6 is 0 Å². The first-order valence-corrected chi connectivity index (χ1v) is 6.34.